The largest absolute Gasteiger partial charge is 0.358 e. The summed E-state index contributed by atoms with van der Waals surface area (Å²) in [4.78, 5) is 19.7. The molecule has 0 spiro atoms. The quantitative estimate of drug-likeness (QED) is 0.522. The van der Waals surface area contributed by atoms with E-state index >= 15 is 0 Å². The number of hydrogen-bond donors (Lipinski definition) is 1. The van der Waals surface area contributed by atoms with Crippen LogP contribution in [-0.2, 0) is 4.79 Å². The zero-order valence-corrected chi connectivity index (χ0v) is 22.6. The lowest BCUT2D eigenvalue weighted by Gasteiger charge is -2.45. The van der Waals surface area contributed by atoms with E-state index in [1.807, 2.05) is 23.1 Å². The first-order chi connectivity index (χ1) is 16.7. The van der Waals surface area contributed by atoms with Crippen molar-refractivity contribution in [1.82, 2.24) is 20.0 Å². The number of halogens is 1. The zero-order valence-electron chi connectivity index (χ0n) is 21.0. The van der Waals surface area contributed by atoms with Crippen LogP contribution in [0.3, 0.4) is 0 Å². The number of thiocarbonyl (C=S) groups is 1. The average molecular weight is 513 g/mol. The highest BCUT2D eigenvalue weighted by molar-refractivity contribution is 7.80. The molecular weight excluding hydrogens is 476 g/mol. The zero-order chi connectivity index (χ0) is 25.0. The first-order valence-corrected chi connectivity index (χ1v) is 13.4. The Kier molecular flexibility index (Phi) is 8.35. The molecule has 0 saturated carbocycles. The molecular formula is C28H37ClN4OS. The van der Waals surface area contributed by atoms with Gasteiger partial charge < -0.3 is 15.1 Å². The lowest BCUT2D eigenvalue weighted by atomic mass is 9.93. The highest BCUT2D eigenvalue weighted by Crippen LogP contribution is 2.30. The van der Waals surface area contributed by atoms with Crippen LogP contribution in [0.15, 0.2) is 54.6 Å². The maximum Gasteiger partial charge on any atom is 0.222 e. The van der Waals surface area contributed by atoms with Gasteiger partial charge in [0.05, 0.1) is 6.04 Å². The Morgan fingerprint density at radius 1 is 1.06 bits per heavy atom. The monoisotopic (exact) mass is 512 g/mol. The number of nitrogens with zero attached hydrogens (tertiary/aromatic N) is 3. The molecule has 0 unspecified atom stereocenters. The minimum Gasteiger partial charge on any atom is -0.358 e. The molecule has 1 N–H and O–H groups in total. The number of carbonyl (C=O) groups is 1. The summed E-state index contributed by atoms with van der Waals surface area (Å²) in [6, 6.07) is 19.3. The molecule has 0 bridgehead atoms. The van der Waals surface area contributed by atoms with Crippen molar-refractivity contribution in [3.8, 4) is 0 Å². The van der Waals surface area contributed by atoms with Crippen molar-refractivity contribution in [3.63, 3.8) is 0 Å². The molecule has 0 aliphatic carbocycles. The van der Waals surface area contributed by atoms with Crippen molar-refractivity contribution in [3.05, 3.63) is 70.7 Å². The third kappa shape index (κ3) is 6.54. The Hall–Kier alpha value is -2.15. The van der Waals surface area contributed by atoms with Gasteiger partial charge in [0.25, 0.3) is 0 Å². The highest BCUT2D eigenvalue weighted by atomic mass is 35.5. The van der Waals surface area contributed by atoms with Gasteiger partial charge in [0.1, 0.15) is 0 Å². The maximum absolute atomic E-state index is 13.0. The van der Waals surface area contributed by atoms with Crippen molar-refractivity contribution < 1.29 is 4.79 Å². The summed E-state index contributed by atoms with van der Waals surface area (Å²) in [6.07, 6.45) is 2.43. The van der Waals surface area contributed by atoms with Gasteiger partial charge in [0, 0.05) is 55.7 Å². The van der Waals surface area contributed by atoms with Crippen LogP contribution in [0.4, 0.5) is 0 Å². The minimum absolute atomic E-state index is 0.0338. The molecule has 2 heterocycles. The summed E-state index contributed by atoms with van der Waals surface area (Å²) in [5, 5.41) is 4.99. The SMILES string of the molecule is C[C@H]1CC(C)(C)NC(=S)N1CCCC(=O)N1CCN([C@H](c2ccccc2)c2ccc(Cl)cc2)CC1. The Morgan fingerprint density at radius 3 is 2.31 bits per heavy atom. The molecule has 2 saturated heterocycles. The van der Waals surface area contributed by atoms with Crippen LogP contribution in [0.25, 0.3) is 0 Å². The van der Waals surface area contributed by atoms with Crippen molar-refractivity contribution in [2.24, 2.45) is 0 Å². The minimum atomic E-state index is 0.0338. The van der Waals surface area contributed by atoms with Crippen LogP contribution >= 0.6 is 23.8 Å². The van der Waals surface area contributed by atoms with Gasteiger partial charge in [-0.3, -0.25) is 9.69 Å². The molecule has 2 atom stereocenters. The van der Waals surface area contributed by atoms with Gasteiger partial charge in [-0.2, -0.15) is 0 Å². The molecule has 1 amide bonds. The fourth-order valence-corrected chi connectivity index (χ4v) is 6.14. The van der Waals surface area contributed by atoms with E-state index in [0.29, 0.717) is 12.5 Å². The predicted octanol–water partition coefficient (Wildman–Crippen LogP) is 5.10. The van der Waals surface area contributed by atoms with Crippen molar-refractivity contribution in [1.29, 1.82) is 0 Å². The van der Waals surface area contributed by atoms with E-state index < -0.39 is 0 Å². The van der Waals surface area contributed by atoms with Gasteiger partial charge in [0.2, 0.25) is 5.91 Å². The molecule has 0 radical (unpaired) electrons. The summed E-state index contributed by atoms with van der Waals surface area (Å²) in [5.41, 5.74) is 2.52. The Bertz CT molecular complexity index is 1010. The molecule has 2 fully saturated rings. The van der Waals surface area contributed by atoms with Crippen LogP contribution in [-0.4, -0.2) is 70.0 Å². The summed E-state index contributed by atoms with van der Waals surface area (Å²) >= 11 is 11.7. The molecule has 2 aliphatic heterocycles. The number of nitrogens with one attached hydrogen (secondary N) is 1. The molecule has 2 aromatic rings. The first kappa shape index (κ1) is 25.9. The molecule has 4 rings (SSSR count). The van der Waals surface area contributed by atoms with E-state index in [4.69, 9.17) is 23.8 Å². The number of piperazine rings is 1. The Labute approximate surface area is 220 Å². The van der Waals surface area contributed by atoms with Crippen LogP contribution in [0, 0.1) is 0 Å². The van der Waals surface area contributed by atoms with Gasteiger partial charge in [-0.15, -0.1) is 0 Å². The number of amides is 1. The smallest absolute Gasteiger partial charge is 0.222 e. The maximum atomic E-state index is 13.0. The predicted molar refractivity (Wildman–Crippen MR) is 148 cm³/mol. The van der Waals surface area contributed by atoms with E-state index in [-0.39, 0.29) is 17.5 Å². The third-order valence-corrected chi connectivity index (χ3v) is 7.76. The topological polar surface area (TPSA) is 38.8 Å². The summed E-state index contributed by atoms with van der Waals surface area (Å²) < 4.78 is 0. The van der Waals surface area contributed by atoms with Crippen LogP contribution in [0.5, 0.6) is 0 Å². The third-order valence-electron chi connectivity index (χ3n) is 7.17. The Morgan fingerprint density at radius 2 is 1.69 bits per heavy atom. The van der Waals surface area contributed by atoms with Crippen LogP contribution in [0.2, 0.25) is 5.02 Å². The number of benzene rings is 2. The molecule has 35 heavy (non-hydrogen) atoms. The van der Waals surface area contributed by atoms with Crippen molar-refractivity contribution in [2.45, 2.75) is 57.7 Å². The molecule has 7 heteroatoms. The standard InChI is InChI=1S/C28H37ClN4OS/c1-21-20-28(2,3)30-27(35)33(21)15-7-10-25(34)31-16-18-32(19-17-31)26(22-8-5-4-6-9-22)23-11-13-24(29)14-12-23/h4-6,8-9,11-14,21,26H,7,10,15-20H2,1-3H3,(H,30,35)/t21-,26+/m0/s1. The number of carbonyl (C=O) groups excluding carboxylic acids is 1. The molecule has 2 aliphatic rings. The molecule has 0 aromatic heterocycles. The lowest BCUT2D eigenvalue weighted by Crippen LogP contribution is -2.60. The first-order valence-electron chi connectivity index (χ1n) is 12.6. The van der Waals surface area contributed by atoms with Gasteiger partial charge >= 0.3 is 0 Å². The van der Waals surface area contributed by atoms with E-state index in [1.54, 1.807) is 0 Å². The molecule has 188 valence electrons. The molecule has 2 aromatic carbocycles. The lowest BCUT2D eigenvalue weighted by molar-refractivity contribution is -0.133. The van der Waals surface area contributed by atoms with Crippen molar-refractivity contribution in [2.75, 3.05) is 32.7 Å². The summed E-state index contributed by atoms with van der Waals surface area (Å²) in [7, 11) is 0. The van der Waals surface area contributed by atoms with E-state index in [2.05, 4.69) is 72.3 Å². The van der Waals surface area contributed by atoms with Gasteiger partial charge in [-0.1, -0.05) is 54.1 Å². The van der Waals surface area contributed by atoms with Gasteiger partial charge in [-0.05, 0) is 69.1 Å². The van der Waals surface area contributed by atoms with E-state index in [9.17, 15) is 4.79 Å². The highest BCUT2D eigenvalue weighted by Gasteiger charge is 2.33. The van der Waals surface area contributed by atoms with E-state index in [1.165, 1.54) is 11.1 Å². The van der Waals surface area contributed by atoms with Crippen LogP contribution in [0.1, 0.15) is 57.2 Å². The fraction of sp³-hybridized carbons (Fsp3) is 0.500. The normalized spacial score (nSPS) is 21.5. The fourth-order valence-electron chi connectivity index (χ4n) is 5.47. The van der Waals surface area contributed by atoms with Gasteiger partial charge in [-0.25, -0.2) is 0 Å². The summed E-state index contributed by atoms with van der Waals surface area (Å²) in [6.45, 7) is 10.6. The van der Waals surface area contributed by atoms with Gasteiger partial charge in [0.15, 0.2) is 5.11 Å². The van der Waals surface area contributed by atoms with Crippen molar-refractivity contribution >= 4 is 34.8 Å². The summed E-state index contributed by atoms with van der Waals surface area (Å²) in [5.74, 6) is 0.247. The second-order valence-corrected chi connectivity index (χ2v) is 11.3. The number of hydrogen-bond acceptors (Lipinski definition) is 3. The van der Waals surface area contributed by atoms with Crippen LogP contribution < -0.4 is 5.32 Å². The number of rotatable bonds is 7. The Balaban J connectivity index is 1.31. The molecule has 5 nitrogen and oxygen atoms in total. The second-order valence-electron chi connectivity index (χ2n) is 10.4. The van der Waals surface area contributed by atoms with E-state index in [0.717, 1.165) is 55.7 Å². The average Bonchev–Trinajstić information content (AvgIpc) is 2.82. The second kappa shape index (κ2) is 11.3.